The summed E-state index contributed by atoms with van der Waals surface area (Å²) in [6.45, 7) is 3.79. The van der Waals surface area contributed by atoms with Gasteiger partial charge in [-0.1, -0.05) is 19.1 Å². The van der Waals surface area contributed by atoms with Crippen LogP contribution in [0.4, 0.5) is 5.69 Å². The summed E-state index contributed by atoms with van der Waals surface area (Å²) in [5, 5.41) is 15.0. The molecule has 3 N–H and O–H groups in total. The largest absolute Gasteiger partial charge is 0.480 e. The van der Waals surface area contributed by atoms with E-state index in [1.807, 2.05) is 24.3 Å². The number of hydrogen-bond acceptors (Lipinski definition) is 4. The Morgan fingerprint density at radius 2 is 2.10 bits per heavy atom. The maximum Gasteiger partial charge on any atom is 0.322 e. The molecule has 1 aliphatic heterocycles. The average molecular weight is 291 g/mol. The summed E-state index contributed by atoms with van der Waals surface area (Å²) >= 11 is 0. The minimum atomic E-state index is -0.901. The highest BCUT2D eigenvalue weighted by atomic mass is 16.4. The number of carbonyl (C=O) groups excluding carboxylic acids is 1. The zero-order chi connectivity index (χ0) is 15.2. The first kappa shape index (κ1) is 15.5. The highest BCUT2D eigenvalue weighted by Crippen LogP contribution is 2.10. The summed E-state index contributed by atoms with van der Waals surface area (Å²) in [5.41, 5.74) is 1.94. The fraction of sp³-hybridized carbons (Fsp3) is 0.467. The van der Waals surface area contributed by atoms with Crippen LogP contribution >= 0.6 is 0 Å². The molecule has 0 saturated carbocycles. The van der Waals surface area contributed by atoms with Crippen molar-refractivity contribution in [2.24, 2.45) is 0 Å². The molecule has 1 aromatic carbocycles. The molecular weight excluding hydrogens is 270 g/mol. The van der Waals surface area contributed by atoms with Gasteiger partial charge in [-0.15, -0.1) is 0 Å². The number of rotatable bonds is 5. The molecule has 6 heteroatoms. The fourth-order valence-electron chi connectivity index (χ4n) is 2.39. The van der Waals surface area contributed by atoms with Crippen LogP contribution in [0, 0.1) is 0 Å². The monoisotopic (exact) mass is 291 g/mol. The van der Waals surface area contributed by atoms with Gasteiger partial charge in [0.25, 0.3) is 0 Å². The summed E-state index contributed by atoms with van der Waals surface area (Å²) in [6.07, 6.45) is 0.954. The van der Waals surface area contributed by atoms with Gasteiger partial charge in [0.1, 0.15) is 6.04 Å². The summed E-state index contributed by atoms with van der Waals surface area (Å²) in [5.74, 6) is -1.09. The van der Waals surface area contributed by atoms with Gasteiger partial charge in [-0.2, -0.15) is 0 Å². The van der Waals surface area contributed by atoms with Crippen LogP contribution in [0.25, 0.3) is 0 Å². The number of carbonyl (C=O) groups is 2. The van der Waals surface area contributed by atoms with Crippen LogP contribution in [0.3, 0.4) is 0 Å². The van der Waals surface area contributed by atoms with Crippen LogP contribution in [0.15, 0.2) is 24.3 Å². The highest BCUT2D eigenvalue weighted by Gasteiger charge is 2.29. The molecule has 1 aromatic rings. The maximum atomic E-state index is 12.0. The van der Waals surface area contributed by atoms with Crippen molar-refractivity contribution in [2.75, 3.05) is 31.5 Å². The Morgan fingerprint density at radius 1 is 1.38 bits per heavy atom. The fourth-order valence-corrected chi connectivity index (χ4v) is 2.39. The number of nitrogens with zero attached hydrogens (tertiary/aromatic N) is 1. The molecule has 1 heterocycles. The SMILES string of the molecule is CCc1ccc(NC(=O)CN2CCNCC2C(=O)O)cc1. The number of piperazine rings is 1. The molecule has 0 aromatic heterocycles. The zero-order valence-electron chi connectivity index (χ0n) is 12.1. The van der Waals surface area contributed by atoms with Gasteiger partial charge in [0.15, 0.2) is 0 Å². The molecule has 1 unspecified atom stereocenters. The van der Waals surface area contributed by atoms with Gasteiger partial charge in [0.2, 0.25) is 5.91 Å². The third-order valence-electron chi connectivity index (χ3n) is 3.63. The summed E-state index contributed by atoms with van der Waals surface area (Å²) in [4.78, 5) is 24.9. The molecule has 1 fully saturated rings. The van der Waals surface area contributed by atoms with Gasteiger partial charge in [-0.25, -0.2) is 0 Å². The number of carboxylic acids is 1. The standard InChI is InChI=1S/C15H21N3O3/c1-2-11-3-5-12(6-4-11)17-14(19)10-18-8-7-16-9-13(18)15(20)21/h3-6,13,16H,2,7-10H2,1H3,(H,17,19)(H,20,21). The lowest BCUT2D eigenvalue weighted by Gasteiger charge is -2.32. The topological polar surface area (TPSA) is 81.7 Å². The number of amides is 1. The van der Waals surface area contributed by atoms with Crippen molar-refractivity contribution in [3.8, 4) is 0 Å². The minimum absolute atomic E-state index is 0.0914. The third-order valence-corrected chi connectivity index (χ3v) is 3.63. The van der Waals surface area contributed by atoms with E-state index < -0.39 is 12.0 Å². The van der Waals surface area contributed by atoms with E-state index in [2.05, 4.69) is 17.6 Å². The Kier molecular flexibility index (Phi) is 5.30. The van der Waals surface area contributed by atoms with Crippen molar-refractivity contribution in [3.05, 3.63) is 29.8 Å². The van der Waals surface area contributed by atoms with E-state index >= 15 is 0 Å². The molecule has 0 aliphatic carbocycles. The lowest BCUT2D eigenvalue weighted by atomic mass is 10.1. The second kappa shape index (κ2) is 7.19. The first-order valence-electron chi connectivity index (χ1n) is 7.16. The molecule has 0 bridgehead atoms. The predicted molar refractivity (Wildman–Crippen MR) is 80.3 cm³/mol. The van der Waals surface area contributed by atoms with E-state index in [1.165, 1.54) is 5.56 Å². The molecular formula is C15H21N3O3. The maximum absolute atomic E-state index is 12.0. The number of aryl methyl sites for hydroxylation is 1. The number of anilines is 1. The van der Waals surface area contributed by atoms with E-state index in [1.54, 1.807) is 4.90 Å². The first-order valence-corrected chi connectivity index (χ1v) is 7.16. The molecule has 2 rings (SSSR count). The van der Waals surface area contributed by atoms with Crippen molar-refractivity contribution in [3.63, 3.8) is 0 Å². The highest BCUT2D eigenvalue weighted by molar-refractivity contribution is 5.92. The van der Waals surface area contributed by atoms with Gasteiger partial charge in [0.05, 0.1) is 6.54 Å². The van der Waals surface area contributed by atoms with Gasteiger partial charge >= 0.3 is 5.97 Å². The van der Waals surface area contributed by atoms with E-state index in [0.29, 0.717) is 19.6 Å². The number of carboxylic acid groups (broad SMARTS) is 1. The van der Waals surface area contributed by atoms with Crippen LogP contribution in [0.5, 0.6) is 0 Å². The van der Waals surface area contributed by atoms with Crippen molar-refractivity contribution in [2.45, 2.75) is 19.4 Å². The van der Waals surface area contributed by atoms with Gasteiger partial charge in [-0.05, 0) is 24.1 Å². The summed E-state index contributed by atoms with van der Waals surface area (Å²) < 4.78 is 0. The molecule has 114 valence electrons. The number of hydrogen-bond donors (Lipinski definition) is 3. The molecule has 0 spiro atoms. The quantitative estimate of drug-likeness (QED) is 0.738. The molecule has 1 atom stereocenters. The van der Waals surface area contributed by atoms with Crippen molar-refractivity contribution in [1.29, 1.82) is 0 Å². The second-order valence-corrected chi connectivity index (χ2v) is 5.13. The normalized spacial score (nSPS) is 19.2. The summed E-state index contributed by atoms with van der Waals surface area (Å²) in [7, 11) is 0. The van der Waals surface area contributed by atoms with Crippen molar-refractivity contribution in [1.82, 2.24) is 10.2 Å². The number of benzene rings is 1. The Bertz CT molecular complexity index is 501. The van der Waals surface area contributed by atoms with Gasteiger partial charge in [0, 0.05) is 25.3 Å². The van der Waals surface area contributed by atoms with E-state index in [0.717, 1.165) is 12.1 Å². The Morgan fingerprint density at radius 3 is 2.71 bits per heavy atom. The molecule has 1 amide bonds. The Hall–Kier alpha value is -1.92. The number of aliphatic carboxylic acids is 1. The molecule has 21 heavy (non-hydrogen) atoms. The van der Waals surface area contributed by atoms with Crippen LogP contribution in [0.2, 0.25) is 0 Å². The van der Waals surface area contributed by atoms with Crippen LogP contribution in [-0.4, -0.2) is 54.1 Å². The minimum Gasteiger partial charge on any atom is -0.480 e. The van der Waals surface area contributed by atoms with Crippen molar-refractivity contribution < 1.29 is 14.7 Å². The van der Waals surface area contributed by atoms with Crippen LogP contribution in [0.1, 0.15) is 12.5 Å². The molecule has 0 radical (unpaired) electrons. The van der Waals surface area contributed by atoms with Crippen LogP contribution in [-0.2, 0) is 16.0 Å². The van der Waals surface area contributed by atoms with E-state index in [-0.39, 0.29) is 12.5 Å². The third kappa shape index (κ3) is 4.27. The average Bonchev–Trinajstić information content (AvgIpc) is 2.48. The summed E-state index contributed by atoms with van der Waals surface area (Å²) in [6, 6.07) is 7.03. The number of nitrogens with one attached hydrogen (secondary N) is 2. The lowest BCUT2D eigenvalue weighted by Crippen LogP contribution is -2.56. The van der Waals surface area contributed by atoms with Crippen molar-refractivity contribution >= 4 is 17.6 Å². The smallest absolute Gasteiger partial charge is 0.322 e. The van der Waals surface area contributed by atoms with E-state index in [9.17, 15) is 9.59 Å². The van der Waals surface area contributed by atoms with E-state index in [4.69, 9.17) is 5.11 Å². The Balaban J connectivity index is 1.92. The molecule has 1 saturated heterocycles. The van der Waals surface area contributed by atoms with Gasteiger partial charge < -0.3 is 15.7 Å². The molecule has 6 nitrogen and oxygen atoms in total. The molecule has 1 aliphatic rings. The van der Waals surface area contributed by atoms with Gasteiger partial charge in [-0.3, -0.25) is 14.5 Å². The zero-order valence-corrected chi connectivity index (χ0v) is 12.1. The lowest BCUT2D eigenvalue weighted by molar-refractivity contribution is -0.144. The Labute approximate surface area is 124 Å². The predicted octanol–water partition coefficient (Wildman–Crippen LogP) is 0.546. The second-order valence-electron chi connectivity index (χ2n) is 5.13. The van der Waals surface area contributed by atoms with Crippen LogP contribution < -0.4 is 10.6 Å². The first-order chi connectivity index (χ1) is 10.1.